The van der Waals surface area contributed by atoms with E-state index in [2.05, 4.69) is 17.5 Å². The number of rotatable bonds is 13. The Morgan fingerprint density at radius 2 is 1.34 bits per heavy atom. The molecule has 0 unspecified atom stereocenters. The molecule has 2 rings (SSSR count). The number of carbonyl (C=O) groups excluding carboxylic acids is 1. The van der Waals surface area contributed by atoms with Crippen LogP contribution in [0, 0.1) is 0 Å². The molecule has 2 aromatic carbocycles. The van der Waals surface area contributed by atoms with Crippen molar-refractivity contribution >= 4 is 23.2 Å². The van der Waals surface area contributed by atoms with Crippen LogP contribution < -0.4 is 5.43 Å². The molecule has 0 fully saturated rings. The van der Waals surface area contributed by atoms with Gasteiger partial charge in [-0.05, 0) is 18.6 Å². The standard InChI is InChI=1S/C25H33ClN2O/c1-2-3-4-5-6-7-8-9-13-16-24(29)27-28-25(21-14-11-10-12-15-21)22-17-19-23(26)20-18-22/h10-12,14-15,17-20H,2-9,13,16H2,1H3,(H,27,29)/b28-25-. The summed E-state index contributed by atoms with van der Waals surface area (Å²) in [5, 5.41) is 5.10. The van der Waals surface area contributed by atoms with E-state index in [9.17, 15) is 4.79 Å². The van der Waals surface area contributed by atoms with Crippen molar-refractivity contribution in [1.82, 2.24) is 5.43 Å². The maximum absolute atomic E-state index is 12.2. The maximum atomic E-state index is 12.2. The van der Waals surface area contributed by atoms with Gasteiger partial charge in [0, 0.05) is 22.6 Å². The number of benzene rings is 2. The number of carbonyl (C=O) groups is 1. The number of hydrazone groups is 1. The first-order chi connectivity index (χ1) is 14.2. The van der Waals surface area contributed by atoms with Gasteiger partial charge in [0.15, 0.2) is 0 Å². The van der Waals surface area contributed by atoms with E-state index in [0.717, 1.165) is 29.7 Å². The van der Waals surface area contributed by atoms with Gasteiger partial charge in [-0.15, -0.1) is 0 Å². The lowest BCUT2D eigenvalue weighted by molar-refractivity contribution is -0.121. The summed E-state index contributed by atoms with van der Waals surface area (Å²) in [6.45, 7) is 2.24. The molecule has 0 saturated heterocycles. The molecule has 0 aliphatic heterocycles. The van der Waals surface area contributed by atoms with Gasteiger partial charge in [-0.2, -0.15) is 5.10 Å². The summed E-state index contributed by atoms with van der Waals surface area (Å²) in [7, 11) is 0. The Balaban J connectivity index is 1.80. The van der Waals surface area contributed by atoms with Gasteiger partial charge in [0.2, 0.25) is 5.91 Å². The van der Waals surface area contributed by atoms with Crippen molar-refractivity contribution in [3.05, 3.63) is 70.7 Å². The van der Waals surface area contributed by atoms with Gasteiger partial charge in [0.1, 0.15) is 0 Å². The Bertz CT molecular complexity index is 741. The fourth-order valence-electron chi connectivity index (χ4n) is 3.27. The molecule has 2 aromatic rings. The molecule has 1 N–H and O–H groups in total. The SMILES string of the molecule is CCCCCCCCCCCC(=O)N/N=C(/c1ccccc1)c1ccc(Cl)cc1. The van der Waals surface area contributed by atoms with Gasteiger partial charge in [-0.3, -0.25) is 4.79 Å². The predicted octanol–water partition coefficient (Wildman–Crippen LogP) is 7.13. The smallest absolute Gasteiger partial charge is 0.240 e. The summed E-state index contributed by atoms with van der Waals surface area (Å²) in [5.41, 5.74) is 5.35. The Labute approximate surface area is 180 Å². The van der Waals surface area contributed by atoms with Crippen LogP contribution in [0.15, 0.2) is 59.7 Å². The zero-order valence-electron chi connectivity index (χ0n) is 17.5. The van der Waals surface area contributed by atoms with Crippen LogP contribution in [0.1, 0.15) is 82.3 Å². The van der Waals surface area contributed by atoms with Gasteiger partial charge >= 0.3 is 0 Å². The van der Waals surface area contributed by atoms with E-state index in [1.54, 1.807) is 0 Å². The molecule has 0 spiro atoms. The van der Waals surface area contributed by atoms with Crippen molar-refractivity contribution in [1.29, 1.82) is 0 Å². The first-order valence-corrected chi connectivity index (χ1v) is 11.3. The molecule has 29 heavy (non-hydrogen) atoms. The average Bonchev–Trinajstić information content (AvgIpc) is 2.74. The van der Waals surface area contributed by atoms with E-state index < -0.39 is 0 Å². The second kappa shape index (κ2) is 13.9. The highest BCUT2D eigenvalue weighted by Gasteiger charge is 2.08. The normalized spacial score (nSPS) is 11.4. The van der Waals surface area contributed by atoms with Crippen LogP contribution in [-0.2, 0) is 4.79 Å². The van der Waals surface area contributed by atoms with Crippen molar-refractivity contribution in [2.24, 2.45) is 5.10 Å². The van der Waals surface area contributed by atoms with E-state index in [4.69, 9.17) is 11.6 Å². The minimum atomic E-state index is -0.0321. The lowest BCUT2D eigenvalue weighted by Gasteiger charge is -2.08. The van der Waals surface area contributed by atoms with Crippen LogP contribution in [0.2, 0.25) is 5.02 Å². The van der Waals surface area contributed by atoms with Crippen LogP contribution in [0.4, 0.5) is 0 Å². The van der Waals surface area contributed by atoms with Crippen LogP contribution in [0.3, 0.4) is 0 Å². The van der Waals surface area contributed by atoms with E-state index in [1.165, 1.54) is 44.9 Å². The minimum Gasteiger partial charge on any atom is -0.273 e. The summed E-state index contributed by atoms with van der Waals surface area (Å²) in [6, 6.07) is 17.4. The summed E-state index contributed by atoms with van der Waals surface area (Å²) in [5.74, 6) is -0.0321. The molecule has 0 aromatic heterocycles. The average molecular weight is 413 g/mol. The zero-order valence-corrected chi connectivity index (χ0v) is 18.3. The third-order valence-corrected chi connectivity index (χ3v) is 5.22. The number of halogens is 1. The highest BCUT2D eigenvalue weighted by Crippen LogP contribution is 2.15. The highest BCUT2D eigenvalue weighted by molar-refractivity contribution is 6.30. The first-order valence-electron chi connectivity index (χ1n) is 10.9. The molecule has 0 bridgehead atoms. The quantitative estimate of drug-likeness (QED) is 0.212. The molecule has 0 heterocycles. The number of hydrogen-bond donors (Lipinski definition) is 1. The van der Waals surface area contributed by atoms with Crippen molar-refractivity contribution in [3.63, 3.8) is 0 Å². The molecular weight excluding hydrogens is 380 g/mol. The number of hydrogen-bond acceptors (Lipinski definition) is 2. The second-order valence-corrected chi connectivity index (χ2v) is 7.88. The summed E-state index contributed by atoms with van der Waals surface area (Å²) in [6.07, 6.45) is 11.7. The fraction of sp³-hybridized carbons (Fsp3) is 0.440. The zero-order chi connectivity index (χ0) is 20.7. The van der Waals surface area contributed by atoms with Crippen LogP contribution in [0.25, 0.3) is 0 Å². The number of amides is 1. The van der Waals surface area contributed by atoms with Crippen LogP contribution >= 0.6 is 11.6 Å². The molecule has 1 amide bonds. The lowest BCUT2D eigenvalue weighted by Crippen LogP contribution is -2.20. The number of unbranched alkanes of at least 4 members (excludes halogenated alkanes) is 8. The largest absolute Gasteiger partial charge is 0.273 e. The van der Waals surface area contributed by atoms with Gasteiger partial charge in [-0.1, -0.05) is 112 Å². The molecular formula is C25H33ClN2O. The van der Waals surface area contributed by atoms with Crippen molar-refractivity contribution < 1.29 is 4.79 Å². The Kier molecular flexibility index (Phi) is 11.1. The third-order valence-electron chi connectivity index (χ3n) is 4.96. The van der Waals surface area contributed by atoms with Crippen molar-refractivity contribution in [3.8, 4) is 0 Å². The molecule has 0 aliphatic carbocycles. The summed E-state index contributed by atoms with van der Waals surface area (Å²) < 4.78 is 0. The molecule has 0 radical (unpaired) electrons. The predicted molar refractivity (Wildman–Crippen MR) is 124 cm³/mol. The van der Waals surface area contributed by atoms with E-state index in [1.807, 2.05) is 54.6 Å². The van der Waals surface area contributed by atoms with Crippen LogP contribution in [0.5, 0.6) is 0 Å². The summed E-state index contributed by atoms with van der Waals surface area (Å²) >= 11 is 6.01. The van der Waals surface area contributed by atoms with Gasteiger partial charge in [0.05, 0.1) is 5.71 Å². The molecule has 156 valence electrons. The third kappa shape index (κ3) is 9.27. The number of nitrogens with zero attached hydrogens (tertiary/aromatic N) is 1. The topological polar surface area (TPSA) is 41.5 Å². The molecule has 0 atom stereocenters. The first kappa shape index (κ1) is 23.2. The minimum absolute atomic E-state index is 0.0321. The Morgan fingerprint density at radius 3 is 1.97 bits per heavy atom. The molecule has 0 aliphatic rings. The number of nitrogens with one attached hydrogen (secondary N) is 1. The fourth-order valence-corrected chi connectivity index (χ4v) is 3.40. The van der Waals surface area contributed by atoms with E-state index in [0.29, 0.717) is 11.4 Å². The van der Waals surface area contributed by atoms with E-state index >= 15 is 0 Å². The second-order valence-electron chi connectivity index (χ2n) is 7.45. The Hall–Kier alpha value is -2.13. The summed E-state index contributed by atoms with van der Waals surface area (Å²) in [4.78, 5) is 12.2. The molecule has 3 nitrogen and oxygen atoms in total. The van der Waals surface area contributed by atoms with Crippen molar-refractivity contribution in [2.45, 2.75) is 71.1 Å². The van der Waals surface area contributed by atoms with Gasteiger partial charge in [0.25, 0.3) is 0 Å². The van der Waals surface area contributed by atoms with Gasteiger partial charge < -0.3 is 0 Å². The highest BCUT2D eigenvalue weighted by atomic mass is 35.5. The monoisotopic (exact) mass is 412 g/mol. The van der Waals surface area contributed by atoms with Crippen LogP contribution in [-0.4, -0.2) is 11.6 Å². The van der Waals surface area contributed by atoms with Gasteiger partial charge in [-0.25, -0.2) is 5.43 Å². The Morgan fingerprint density at radius 1 is 0.793 bits per heavy atom. The van der Waals surface area contributed by atoms with E-state index in [-0.39, 0.29) is 5.91 Å². The lowest BCUT2D eigenvalue weighted by atomic mass is 10.0. The van der Waals surface area contributed by atoms with Crippen molar-refractivity contribution in [2.75, 3.05) is 0 Å². The maximum Gasteiger partial charge on any atom is 0.240 e. The molecule has 4 heteroatoms. The molecule has 0 saturated carbocycles.